The summed E-state index contributed by atoms with van der Waals surface area (Å²) in [7, 11) is 1.34. The minimum atomic E-state index is -0.366. The fourth-order valence-electron chi connectivity index (χ4n) is 2.76. The Kier molecular flexibility index (Phi) is 6.73. The van der Waals surface area contributed by atoms with Crippen LogP contribution in [0.3, 0.4) is 0 Å². The lowest BCUT2D eigenvalue weighted by atomic mass is 10.1. The van der Waals surface area contributed by atoms with Gasteiger partial charge in [0.05, 0.1) is 24.8 Å². The summed E-state index contributed by atoms with van der Waals surface area (Å²) in [5.41, 5.74) is 2.63. The van der Waals surface area contributed by atoms with Crippen molar-refractivity contribution >= 4 is 11.9 Å². The molecule has 0 aliphatic heterocycles. The zero-order chi connectivity index (χ0) is 23.0. The summed E-state index contributed by atoms with van der Waals surface area (Å²) in [6.45, 7) is 0.533. The molecule has 12 nitrogen and oxygen atoms in total. The molecule has 0 atom stereocenters. The highest BCUT2D eigenvalue weighted by Crippen LogP contribution is 2.29. The highest BCUT2D eigenvalue weighted by molar-refractivity contribution is 5.90. The lowest BCUT2D eigenvalue weighted by Crippen LogP contribution is -2.07. The van der Waals surface area contributed by atoms with E-state index in [2.05, 4.69) is 46.0 Å². The fourth-order valence-corrected chi connectivity index (χ4v) is 2.76. The van der Waals surface area contributed by atoms with Crippen LogP contribution in [0.2, 0.25) is 0 Å². The van der Waals surface area contributed by atoms with Crippen LogP contribution in [0.15, 0.2) is 48.5 Å². The van der Waals surface area contributed by atoms with E-state index in [9.17, 15) is 9.59 Å². The zero-order valence-corrected chi connectivity index (χ0v) is 17.6. The van der Waals surface area contributed by atoms with Gasteiger partial charge in [-0.15, -0.1) is 20.4 Å². The normalized spacial score (nSPS) is 12.4. The number of hydrogen-bond donors (Lipinski definition) is 2. The third-order valence-electron chi connectivity index (χ3n) is 4.78. The number of tetrazole rings is 2. The van der Waals surface area contributed by atoms with Crippen LogP contribution in [0.4, 0.5) is 0 Å². The van der Waals surface area contributed by atoms with E-state index in [-0.39, 0.29) is 11.9 Å². The molecule has 2 heterocycles. The van der Waals surface area contributed by atoms with Crippen molar-refractivity contribution in [1.82, 2.24) is 41.2 Å². The number of aromatic nitrogens is 8. The smallest absolute Gasteiger partial charge is 0.338 e. The molecule has 168 valence electrons. The van der Waals surface area contributed by atoms with E-state index in [1.807, 2.05) is 0 Å². The molecule has 2 aromatic carbocycles. The third-order valence-corrected chi connectivity index (χ3v) is 4.78. The van der Waals surface area contributed by atoms with Crippen molar-refractivity contribution in [2.24, 2.45) is 5.92 Å². The number of carbonyl (C=O) groups is 2. The Labute approximate surface area is 187 Å². The van der Waals surface area contributed by atoms with Crippen molar-refractivity contribution in [3.63, 3.8) is 0 Å². The van der Waals surface area contributed by atoms with Crippen LogP contribution >= 0.6 is 0 Å². The molecular weight excluding hydrogens is 428 g/mol. The average Bonchev–Trinajstić information content (AvgIpc) is 3.29. The van der Waals surface area contributed by atoms with Crippen LogP contribution in [0, 0.1) is 5.92 Å². The first kappa shape index (κ1) is 21.7. The summed E-state index contributed by atoms with van der Waals surface area (Å²) in [4.78, 5) is 22.8. The van der Waals surface area contributed by atoms with Gasteiger partial charge in [-0.05, 0) is 53.5 Å². The molecule has 0 radical (unpaired) electrons. The van der Waals surface area contributed by atoms with Crippen LogP contribution < -0.4 is 0 Å². The molecule has 1 aliphatic carbocycles. The molecule has 4 aromatic rings. The van der Waals surface area contributed by atoms with Gasteiger partial charge in [0.25, 0.3) is 0 Å². The number of aromatic amines is 2. The molecule has 33 heavy (non-hydrogen) atoms. The van der Waals surface area contributed by atoms with Crippen molar-refractivity contribution in [2.45, 2.75) is 12.8 Å². The van der Waals surface area contributed by atoms with E-state index >= 15 is 0 Å². The number of carbonyl (C=O) groups excluding carboxylic acids is 2. The largest absolute Gasteiger partial charge is 0.465 e. The van der Waals surface area contributed by atoms with Crippen LogP contribution in [0.5, 0.6) is 0 Å². The number of methoxy groups -OCH3 is 1. The van der Waals surface area contributed by atoms with Crippen molar-refractivity contribution in [2.75, 3.05) is 13.7 Å². The summed E-state index contributed by atoms with van der Waals surface area (Å²) in [6.07, 6.45) is 2.34. The number of hydrogen-bond acceptors (Lipinski definition) is 10. The van der Waals surface area contributed by atoms with Crippen molar-refractivity contribution in [3.8, 4) is 22.8 Å². The van der Waals surface area contributed by atoms with Gasteiger partial charge in [-0.25, -0.2) is 9.59 Å². The third kappa shape index (κ3) is 5.81. The highest BCUT2D eigenvalue weighted by atomic mass is 16.5. The maximum absolute atomic E-state index is 11.7. The van der Waals surface area contributed by atoms with Gasteiger partial charge < -0.3 is 9.47 Å². The Morgan fingerprint density at radius 3 is 1.70 bits per heavy atom. The fraction of sp³-hybridized carbons (Fsp3) is 0.238. The minimum Gasteiger partial charge on any atom is -0.465 e. The Morgan fingerprint density at radius 2 is 1.30 bits per heavy atom. The van der Waals surface area contributed by atoms with Gasteiger partial charge in [-0.3, -0.25) is 0 Å². The second-order valence-electron chi connectivity index (χ2n) is 7.16. The molecule has 5 rings (SSSR count). The predicted molar refractivity (Wildman–Crippen MR) is 114 cm³/mol. The van der Waals surface area contributed by atoms with Crippen molar-refractivity contribution in [3.05, 3.63) is 59.7 Å². The first-order chi connectivity index (χ1) is 16.1. The average molecular weight is 448 g/mol. The van der Waals surface area contributed by atoms with E-state index in [4.69, 9.17) is 4.74 Å². The molecule has 12 heteroatoms. The number of esters is 2. The molecule has 0 amide bonds. The molecule has 1 saturated carbocycles. The van der Waals surface area contributed by atoms with E-state index in [1.165, 1.54) is 20.0 Å². The molecule has 2 aromatic heterocycles. The lowest BCUT2D eigenvalue weighted by molar-refractivity contribution is 0.0485. The standard InChI is InChI=1S/C12H12N4O2.C9H8N4O2/c17-12(18-7-8-1-2-8)10-5-3-9(4-6-10)11-13-15-16-14-11;1-15-9(14)7-4-2-6(3-5-7)8-10-12-13-11-8/h3-6,8H,1-2,7H2,(H,13,14,15,16);2-5H,1H3,(H,10,11,12,13). The quantitative estimate of drug-likeness (QED) is 0.418. The number of ether oxygens (including phenoxy) is 2. The van der Waals surface area contributed by atoms with Gasteiger partial charge in [0.1, 0.15) is 0 Å². The van der Waals surface area contributed by atoms with E-state index < -0.39 is 0 Å². The maximum atomic E-state index is 11.7. The van der Waals surface area contributed by atoms with E-state index in [0.717, 1.165) is 11.1 Å². The molecule has 2 N–H and O–H groups in total. The molecule has 0 spiro atoms. The van der Waals surface area contributed by atoms with Crippen molar-refractivity contribution in [1.29, 1.82) is 0 Å². The van der Waals surface area contributed by atoms with Gasteiger partial charge in [-0.1, -0.05) is 24.3 Å². The van der Waals surface area contributed by atoms with Gasteiger partial charge in [0, 0.05) is 11.1 Å². The molecule has 1 fully saturated rings. The summed E-state index contributed by atoms with van der Waals surface area (Å²) in [5.74, 6) is 0.933. The Hall–Kier alpha value is -4.48. The number of nitrogens with zero attached hydrogens (tertiary/aromatic N) is 6. The molecule has 1 aliphatic rings. The molecule has 0 saturated heterocycles. The van der Waals surface area contributed by atoms with Crippen LogP contribution in [-0.2, 0) is 9.47 Å². The first-order valence-corrected chi connectivity index (χ1v) is 10.1. The van der Waals surface area contributed by atoms with Crippen LogP contribution in [0.1, 0.15) is 33.6 Å². The Bertz CT molecular complexity index is 1170. The lowest BCUT2D eigenvalue weighted by Gasteiger charge is -2.03. The van der Waals surface area contributed by atoms with E-state index in [1.54, 1.807) is 48.5 Å². The molecule has 0 bridgehead atoms. The maximum Gasteiger partial charge on any atom is 0.338 e. The van der Waals surface area contributed by atoms with Crippen LogP contribution in [-0.4, -0.2) is 66.9 Å². The van der Waals surface area contributed by atoms with Crippen LogP contribution in [0.25, 0.3) is 22.8 Å². The van der Waals surface area contributed by atoms with Gasteiger partial charge in [0.15, 0.2) is 0 Å². The zero-order valence-electron chi connectivity index (χ0n) is 17.6. The highest BCUT2D eigenvalue weighted by Gasteiger charge is 2.23. The predicted octanol–water partition coefficient (Wildman–Crippen LogP) is 2.09. The first-order valence-electron chi connectivity index (χ1n) is 10.1. The van der Waals surface area contributed by atoms with Gasteiger partial charge in [0.2, 0.25) is 11.6 Å². The number of nitrogens with one attached hydrogen (secondary N) is 2. The summed E-state index contributed by atoms with van der Waals surface area (Å²) >= 11 is 0. The SMILES string of the molecule is COC(=O)c1ccc(-c2nn[nH]n2)cc1.O=C(OCC1CC1)c1ccc(-c2nn[nH]n2)cc1. The number of benzene rings is 2. The Balaban J connectivity index is 0.000000160. The summed E-state index contributed by atoms with van der Waals surface area (Å²) < 4.78 is 9.77. The second kappa shape index (κ2) is 10.2. The topological polar surface area (TPSA) is 162 Å². The molecular formula is C21H20N8O4. The van der Waals surface area contributed by atoms with Crippen molar-refractivity contribution < 1.29 is 19.1 Å². The number of H-pyrrole nitrogens is 2. The van der Waals surface area contributed by atoms with Gasteiger partial charge >= 0.3 is 11.9 Å². The monoisotopic (exact) mass is 448 g/mol. The second-order valence-corrected chi connectivity index (χ2v) is 7.16. The summed E-state index contributed by atoms with van der Waals surface area (Å²) in [6, 6.07) is 13.7. The minimum absolute atomic E-state index is 0.276. The van der Waals surface area contributed by atoms with E-state index in [0.29, 0.717) is 35.3 Å². The Morgan fingerprint density at radius 1 is 0.818 bits per heavy atom. The van der Waals surface area contributed by atoms with Gasteiger partial charge in [-0.2, -0.15) is 10.4 Å². The number of rotatable bonds is 6. The summed E-state index contributed by atoms with van der Waals surface area (Å²) in [5, 5.41) is 27.0. The molecule has 0 unspecified atom stereocenters.